The molecule has 120 valence electrons. The van der Waals surface area contributed by atoms with E-state index in [2.05, 4.69) is 31.4 Å². The topological polar surface area (TPSA) is 98.7 Å². The zero-order valence-corrected chi connectivity index (χ0v) is 13.0. The number of hydrogen-bond donors (Lipinski definition) is 4. The van der Waals surface area contributed by atoms with Crippen LogP contribution in [0.2, 0.25) is 0 Å². The molecule has 6 heteroatoms. The number of rotatable bonds is 5. The number of fused-ring (bicyclic) bond motifs is 2. The molecule has 0 radical (unpaired) electrons. The van der Waals surface area contributed by atoms with Crippen LogP contribution in [0.3, 0.4) is 0 Å². The molecule has 0 aliphatic heterocycles. The number of nitrogens with one attached hydrogen (secondary N) is 2. The van der Waals surface area contributed by atoms with Crippen LogP contribution in [0.5, 0.6) is 0 Å². The second kappa shape index (κ2) is 5.48. The average Bonchev–Trinajstić information content (AvgIpc) is 2.85. The molecule has 0 aromatic heterocycles. The van der Waals surface area contributed by atoms with Crippen molar-refractivity contribution < 1.29 is 19.8 Å². The maximum absolute atomic E-state index is 12.1. The molecular formula is C15H26N2O4. The molecule has 21 heavy (non-hydrogen) atoms. The Kier molecular flexibility index (Phi) is 4.19. The molecule has 2 rings (SSSR count). The zero-order valence-electron chi connectivity index (χ0n) is 13.0. The third-order valence-electron chi connectivity index (χ3n) is 5.57. The van der Waals surface area contributed by atoms with Gasteiger partial charge in [-0.2, -0.15) is 0 Å². The number of aliphatic carboxylic acids is 1. The van der Waals surface area contributed by atoms with Crippen molar-refractivity contribution in [2.75, 3.05) is 6.61 Å². The molecule has 3 unspecified atom stereocenters. The van der Waals surface area contributed by atoms with Crippen molar-refractivity contribution in [1.29, 1.82) is 0 Å². The number of aliphatic hydroxyl groups excluding tert-OH is 1. The van der Waals surface area contributed by atoms with Crippen LogP contribution in [-0.2, 0) is 4.79 Å². The van der Waals surface area contributed by atoms with Gasteiger partial charge in [0.05, 0.1) is 0 Å². The van der Waals surface area contributed by atoms with E-state index in [-0.39, 0.29) is 29.9 Å². The number of carbonyl (C=O) groups is 2. The van der Waals surface area contributed by atoms with Crippen molar-refractivity contribution in [3.8, 4) is 0 Å². The number of aliphatic hydroxyl groups is 1. The molecular weight excluding hydrogens is 272 g/mol. The zero-order chi connectivity index (χ0) is 15.8. The highest BCUT2D eigenvalue weighted by Gasteiger charge is 2.59. The summed E-state index contributed by atoms with van der Waals surface area (Å²) < 4.78 is 0. The van der Waals surface area contributed by atoms with Gasteiger partial charge in [-0.25, -0.2) is 9.59 Å². The molecule has 2 amide bonds. The minimum atomic E-state index is -1.13. The lowest BCUT2D eigenvalue weighted by Crippen LogP contribution is -2.57. The normalized spacial score (nSPS) is 34.5. The summed E-state index contributed by atoms with van der Waals surface area (Å²) >= 11 is 0. The molecule has 2 bridgehead atoms. The molecule has 0 aromatic rings. The predicted octanol–water partition coefficient (Wildman–Crippen LogP) is 1.34. The van der Waals surface area contributed by atoms with Crippen molar-refractivity contribution in [3.63, 3.8) is 0 Å². The lowest BCUT2D eigenvalue weighted by Gasteiger charge is -2.43. The molecule has 4 N–H and O–H groups in total. The number of hydrogen-bond acceptors (Lipinski definition) is 3. The smallest absolute Gasteiger partial charge is 0.326 e. The van der Waals surface area contributed by atoms with Crippen molar-refractivity contribution in [1.82, 2.24) is 10.6 Å². The van der Waals surface area contributed by atoms with Gasteiger partial charge in [0.15, 0.2) is 0 Å². The first-order valence-electron chi connectivity index (χ1n) is 7.61. The van der Waals surface area contributed by atoms with Gasteiger partial charge in [-0.3, -0.25) is 0 Å². The van der Waals surface area contributed by atoms with E-state index in [0.717, 1.165) is 12.8 Å². The highest BCUT2D eigenvalue weighted by molar-refractivity contribution is 5.82. The first kappa shape index (κ1) is 16.1. The summed E-state index contributed by atoms with van der Waals surface area (Å²) in [5.41, 5.74) is 0.126. The Morgan fingerprint density at radius 3 is 2.48 bits per heavy atom. The van der Waals surface area contributed by atoms with Crippen LogP contribution in [0, 0.1) is 16.7 Å². The summed E-state index contributed by atoms with van der Waals surface area (Å²) in [6.07, 6.45) is 3.43. The summed E-state index contributed by atoms with van der Waals surface area (Å²) in [5.74, 6) is -0.516. The van der Waals surface area contributed by atoms with Gasteiger partial charge >= 0.3 is 12.0 Å². The van der Waals surface area contributed by atoms with Crippen molar-refractivity contribution in [2.24, 2.45) is 16.7 Å². The minimum absolute atomic E-state index is 0.0106. The SMILES string of the molecule is CC12CCC(C1)C(C)(C)C2NC(=O)N[C@H](CCO)C(=O)O. The van der Waals surface area contributed by atoms with Crippen LogP contribution < -0.4 is 10.6 Å². The minimum Gasteiger partial charge on any atom is -0.480 e. The van der Waals surface area contributed by atoms with E-state index in [1.807, 2.05) is 0 Å². The van der Waals surface area contributed by atoms with Gasteiger partial charge < -0.3 is 20.8 Å². The van der Waals surface area contributed by atoms with Crippen LogP contribution in [-0.4, -0.2) is 40.9 Å². The molecule has 4 atom stereocenters. The Morgan fingerprint density at radius 2 is 2.00 bits per heavy atom. The molecule has 2 fully saturated rings. The molecule has 0 saturated heterocycles. The fourth-order valence-corrected chi connectivity index (χ4v) is 4.38. The first-order chi connectivity index (χ1) is 9.70. The molecule has 0 heterocycles. The molecule has 0 spiro atoms. The van der Waals surface area contributed by atoms with E-state index in [0.29, 0.717) is 5.92 Å². The van der Waals surface area contributed by atoms with E-state index in [1.165, 1.54) is 6.42 Å². The van der Waals surface area contributed by atoms with Gasteiger partial charge in [0.1, 0.15) is 6.04 Å². The fourth-order valence-electron chi connectivity index (χ4n) is 4.38. The highest BCUT2D eigenvalue weighted by atomic mass is 16.4. The lowest BCUT2D eigenvalue weighted by molar-refractivity contribution is -0.139. The van der Waals surface area contributed by atoms with E-state index in [1.54, 1.807) is 0 Å². The maximum Gasteiger partial charge on any atom is 0.326 e. The average molecular weight is 298 g/mol. The van der Waals surface area contributed by atoms with Crippen LogP contribution >= 0.6 is 0 Å². The monoisotopic (exact) mass is 298 g/mol. The third kappa shape index (κ3) is 2.86. The Bertz CT molecular complexity index is 433. The fraction of sp³-hybridized carbons (Fsp3) is 0.867. The van der Waals surface area contributed by atoms with Crippen LogP contribution in [0.4, 0.5) is 4.79 Å². The second-order valence-corrected chi connectivity index (χ2v) is 7.37. The Balaban J connectivity index is 2.01. The van der Waals surface area contributed by atoms with Crippen molar-refractivity contribution in [3.05, 3.63) is 0 Å². The number of carboxylic acid groups (broad SMARTS) is 1. The molecule has 0 aromatic carbocycles. The molecule has 6 nitrogen and oxygen atoms in total. The predicted molar refractivity (Wildman–Crippen MR) is 77.8 cm³/mol. The maximum atomic E-state index is 12.1. The second-order valence-electron chi connectivity index (χ2n) is 7.37. The van der Waals surface area contributed by atoms with Crippen molar-refractivity contribution >= 4 is 12.0 Å². The number of carboxylic acids is 1. The van der Waals surface area contributed by atoms with Crippen LogP contribution in [0.1, 0.15) is 46.5 Å². The Morgan fingerprint density at radius 1 is 1.33 bits per heavy atom. The van der Waals surface area contributed by atoms with Gasteiger partial charge in [-0.15, -0.1) is 0 Å². The Labute approximate surface area is 125 Å². The Hall–Kier alpha value is -1.30. The van der Waals surface area contributed by atoms with Gasteiger partial charge in [0.2, 0.25) is 0 Å². The summed E-state index contributed by atoms with van der Waals surface area (Å²) in [4.78, 5) is 23.2. The molecule has 2 saturated carbocycles. The first-order valence-corrected chi connectivity index (χ1v) is 7.61. The van der Waals surface area contributed by atoms with E-state index in [4.69, 9.17) is 10.2 Å². The third-order valence-corrected chi connectivity index (χ3v) is 5.57. The molecule has 2 aliphatic carbocycles. The highest BCUT2D eigenvalue weighted by Crippen LogP contribution is 2.62. The van der Waals surface area contributed by atoms with Crippen LogP contribution in [0.15, 0.2) is 0 Å². The van der Waals surface area contributed by atoms with E-state index in [9.17, 15) is 9.59 Å². The van der Waals surface area contributed by atoms with Crippen LogP contribution in [0.25, 0.3) is 0 Å². The largest absolute Gasteiger partial charge is 0.480 e. The van der Waals surface area contributed by atoms with Gasteiger partial charge in [-0.1, -0.05) is 20.8 Å². The van der Waals surface area contributed by atoms with Crippen molar-refractivity contribution in [2.45, 2.75) is 58.5 Å². The summed E-state index contributed by atoms with van der Waals surface area (Å²) in [6, 6.07) is -1.46. The van der Waals surface area contributed by atoms with Gasteiger partial charge in [-0.05, 0) is 36.0 Å². The van der Waals surface area contributed by atoms with Gasteiger partial charge in [0, 0.05) is 19.1 Å². The number of urea groups is 1. The van der Waals surface area contributed by atoms with Gasteiger partial charge in [0.25, 0.3) is 0 Å². The van der Waals surface area contributed by atoms with E-state index >= 15 is 0 Å². The summed E-state index contributed by atoms with van der Waals surface area (Å²) in [5, 5.41) is 23.3. The number of carbonyl (C=O) groups excluding carboxylic acids is 1. The summed E-state index contributed by atoms with van der Waals surface area (Å²) in [6.45, 7) is 6.28. The lowest BCUT2D eigenvalue weighted by atomic mass is 9.68. The number of amides is 2. The quantitative estimate of drug-likeness (QED) is 0.615. The molecule has 2 aliphatic rings. The summed E-state index contributed by atoms with van der Waals surface area (Å²) in [7, 11) is 0. The standard InChI is InChI=1S/C15H26N2O4/c1-14(2)9-4-6-15(3,8-9)12(14)17-13(21)16-10(5-7-18)11(19)20/h9-10,12,18H,4-8H2,1-3H3,(H,19,20)(H2,16,17,21)/t9?,10-,12?,15?/m1/s1. The van der Waals surface area contributed by atoms with E-state index < -0.39 is 18.0 Å².